The van der Waals surface area contributed by atoms with Gasteiger partial charge in [0.1, 0.15) is 18.1 Å². The van der Waals surface area contributed by atoms with E-state index in [2.05, 4.69) is 15.0 Å². The van der Waals surface area contributed by atoms with E-state index < -0.39 is 0 Å². The van der Waals surface area contributed by atoms with Crippen LogP contribution in [0.5, 0.6) is 11.5 Å². The summed E-state index contributed by atoms with van der Waals surface area (Å²) in [7, 11) is 0. The van der Waals surface area contributed by atoms with E-state index in [0.29, 0.717) is 44.1 Å². The molecule has 2 bridgehead atoms. The summed E-state index contributed by atoms with van der Waals surface area (Å²) in [5.41, 5.74) is 0.492. The predicted octanol–water partition coefficient (Wildman–Crippen LogP) is 3.88. The van der Waals surface area contributed by atoms with Gasteiger partial charge in [0.25, 0.3) is 11.8 Å². The summed E-state index contributed by atoms with van der Waals surface area (Å²) in [6.45, 7) is 3.12. The van der Waals surface area contributed by atoms with Gasteiger partial charge in [0, 0.05) is 43.6 Å². The van der Waals surface area contributed by atoms with Gasteiger partial charge < -0.3 is 19.3 Å². The Kier molecular flexibility index (Phi) is 8.11. The van der Waals surface area contributed by atoms with E-state index in [0.717, 1.165) is 37.9 Å². The number of para-hydroxylation sites is 1. The molecular weight excluding hydrogens is 482 g/mol. The fraction of sp³-hybridized carbons (Fsp3) is 0.414. The largest absolute Gasteiger partial charge is 0.491 e. The molecule has 0 saturated carbocycles. The topological polar surface area (TPSA) is 97.8 Å². The fourth-order valence-corrected chi connectivity index (χ4v) is 5.19. The van der Waals surface area contributed by atoms with Gasteiger partial charge in [0.05, 0.1) is 24.9 Å². The van der Waals surface area contributed by atoms with Crippen LogP contribution in [0, 0.1) is 5.41 Å². The minimum atomic E-state index is -0.218. The highest BCUT2D eigenvalue weighted by Crippen LogP contribution is 2.38. The molecular formula is C29H33N5O4. The molecule has 0 spiro atoms. The maximum atomic E-state index is 13.5. The number of benzene rings is 1. The predicted molar refractivity (Wildman–Crippen MR) is 141 cm³/mol. The van der Waals surface area contributed by atoms with Crippen molar-refractivity contribution >= 4 is 11.8 Å². The van der Waals surface area contributed by atoms with Crippen molar-refractivity contribution in [2.24, 2.45) is 5.41 Å². The number of aromatic nitrogens is 3. The van der Waals surface area contributed by atoms with Crippen molar-refractivity contribution in [3.8, 4) is 11.5 Å². The first-order chi connectivity index (χ1) is 18.6. The van der Waals surface area contributed by atoms with Gasteiger partial charge >= 0.3 is 0 Å². The molecule has 9 nitrogen and oxygen atoms in total. The molecule has 1 saturated heterocycles. The third-order valence-corrected chi connectivity index (χ3v) is 7.46. The van der Waals surface area contributed by atoms with Gasteiger partial charge in [-0.25, -0.2) is 9.97 Å². The van der Waals surface area contributed by atoms with Crippen molar-refractivity contribution in [1.29, 1.82) is 0 Å². The minimum Gasteiger partial charge on any atom is -0.491 e. The van der Waals surface area contributed by atoms with Crippen LogP contribution >= 0.6 is 0 Å². The Morgan fingerprint density at radius 1 is 0.921 bits per heavy atom. The van der Waals surface area contributed by atoms with Gasteiger partial charge in [-0.3, -0.25) is 14.6 Å². The Morgan fingerprint density at radius 3 is 2.53 bits per heavy atom. The van der Waals surface area contributed by atoms with Gasteiger partial charge in [-0.1, -0.05) is 18.6 Å². The Labute approximate surface area is 222 Å². The van der Waals surface area contributed by atoms with Crippen LogP contribution in [0.1, 0.15) is 53.1 Å². The van der Waals surface area contributed by atoms with Crippen molar-refractivity contribution in [3.05, 3.63) is 78.6 Å². The lowest BCUT2D eigenvalue weighted by Gasteiger charge is -2.42. The number of hydrogen-bond donors (Lipinski definition) is 0. The van der Waals surface area contributed by atoms with Crippen LogP contribution in [0.15, 0.2) is 67.3 Å². The van der Waals surface area contributed by atoms with Crippen LogP contribution in [-0.2, 0) is 0 Å². The number of carbonyl (C=O) groups excluding carboxylic acids is 2. The van der Waals surface area contributed by atoms with E-state index in [-0.39, 0.29) is 29.7 Å². The second-order valence-electron chi connectivity index (χ2n) is 9.94. The van der Waals surface area contributed by atoms with Crippen molar-refractivity contribution in [2.45, 2.75) is 32.1 Å². The molecule has 6 rings (SSSR count). The Morgan fingerprint density at radius 2 is 1.74 bits per heavy atom. The van der Waals surface area contributed by atoms with E-state index in [9.17, 15) is 9.59 Å². The molecule has 1 aromatic carbocycles. The normalized spacial score (nSPS) is 18.1. The highest BCUT2D eigenvalue weighted by atomic mass is 16.5. The van der Waals surface area contributed by atoms with Crippen LogP contribution in [0.4, 0.5) is 0 Å². The first kappa shape index (κ1) is 25.6. The summed E-state index contributed by atoms with van der Waals surface area (Å²) < 4.78 is 12.2. The lowest BCUT2D eigenvalue weighted by atomic mass is 9.75. The molecule has 3 aromatic rings. The molecule has 0 atom stereocenters. The number of carbonyl (C=O) groups is 2. The maximum absolute atomic E-state index is 13.5. The molecule has 1 fully saturated rings. The number of hydrogen-bond acceptors (Lipinski definition) is 7. The van der Waals surface area contributed by atoms with E-state index >= 15 is 0 Å². The molecule has 38 heavy (non-hydrogen) atoms. The van der Waals surface area contributed by atoms with E-state index in [1.807, 2.05) is 41.3 Å². The molecule has 3 aliphatic heterocycles. The van der Waals surface area contributed by atoms with E-state index in [1.165, 1.54) is 0 Å². The fourth-order valence-electron chi connectivity index (χ4n) is 5.19. The van der Waals surface area contributed by atoms with Crippen molar-refractivity contribution < 1.29 is 19.1 Å². The molecule has 2 aromatic heterocycles. The molecule has 2 amide bonds. The first-order valence-electron chi connectivity index (χ1n) is 13.2. The summed E-state index contributed by atoms with van der Waals surface area (Å²) in [6, 6.07) is 12.8. The van der Waals surface area contributed by atoms with Crippen LogP contribution in [0.3, 0.4) is 0 Å². The second-order valence-corrected chi connectivity index (χ2v) is 9.94. The number of rotatable bonds is 4. The Bertz CT molecular complexity index is 1220. The SMILES string of the molecule is O=C(c1ncccn1)N1CCCCC2(COc3cccnc3)CCN(CC2)C(=O)c2ccccc2OCC1. The smallest absolute Gasteiger partial charge is 0.291 e. The summed E-state index contributed by atoms with van der Waals surface area (Å²) in [5, 5.41) is 0. The number of nitrogens with zero attached hydrogens (tertiary/aromatic N) is 5. The van der Waals surface area contributed by atoms with Gasteiger partial charge in [0.2, 0.25) is 5.82 Å². The summed E-state index contributed by atoms with van der Waals surface area (Å²) in [5.74, 6) is 1.22. The third-order valence-electron chi connectivity index (χ3n) is 7.46. The second kappa shape index (κ2) is 12.0. The highest BCUT2D eigenvalue weighted by Gasteiger charge is 2.37. The van der Waals surface area contributed by atoms with Gasteiger partial charge in [-0.15, -0.1) is 0 Å². The van der Waals surface area contributed by atoms with Crippen LogP contribution in [-0.4, -0.2) is 76.0 Å². The van der Waals surface area contributed by atoms with Gasteiger partial charge in [0.15, 0.2) is 0 Å². The standard InChI is InChI=1S/C29H33N5O4/c35-27-24-8-1-2-9-25(24)37-20-19-33(28(36)26-31-14-6-15-32-26)16-4-3-10-29(11-17-34(27)18-12-29)22-38-23-7-5-13-30-21-23/h1-2,5-9,13-15,21H,3-4,10-12,16-20,22H2. The minimum absolute atomic E-state index is 0.0251. The van der Waals surface area contributed by atoms with Crippen LogP contribution in [0.25, 0.3) is 0 Å². The molecule has 0 unspecified atom stereocenters. The molecule has 198 valence electrons. The molecule has 0 radical (unpaired) electrons. The van der Waals surface area contributed by atoms with E-state index in [4.69, 9.17) is 9.47 Å². The zero-order valence-electron chi connectivity index (χ0n) is 21.5. The van der Waals surface area contributed by atoms with Crippen molar-refractivity contribution in [3.63, 3.8) is 0 Å². The lowest BCUT2D eigenvalue weighted by molar-refractivity contribution is 0.0358. The first-order valence-corrected chi connectivity index (χ1v) is 13.2. The summed E-state index contributed by atoms with van der Waals surface area (Å²) in [4.78, 5) is 42.8. The molecule has 0 aliphatic carbocycles. The Hall–Kier alpha value is -4.01. The lowest BCUT2D eigenvalue weighted by Crippen LogP contribution is -2.45. The maximum Gasteiger partial charge on any atom is 0.291 e. The zero-order valence-corrected chi connectivity index (χ0v) is 21.5. The van der Waals surface area contributed by atoms with Crippen molar-refractivity contribution in [1.82, 2.24) is 24.8 Å². The van der Waals surface area contributed by atoms with Crippen LogP contribution in [0.2, 0.25) is 0 Å². The number of pyridine rings is 1. The third kappa shape index (κ3) is 6.10. The molecule has 9 heteroatoms. The number of ether oxygens (including phenoxy) is 2. The monoisotopic (exact) mass is 515 g/mol. The van der Waals surface area contributed by atoms with Gasteiger partial charge in [-0.2, -0.15) is 0 Å². The molecule has 3 aliphatic rings. The quantitative estimate of drug-likeness (QED) is 0.520. The highest BCUT2D eigenvalue weighted by molar-refractivity contribution is 5.97. The summed E-state index contributed by atoms with van der Waals surface area (Å²) in [6.07, 6.45) is 11.0. The molecule has 0 N–H and O–H groups in total. The number of fused-ring (bicyclic) bond motifs is 9. The Balaban J connectivity index is 1.37. The zero-order chi connectivity index (χ0) is 26.2. The van der Waals surface area contributed by atoms with Crippen LogP contribution < -0.4 is 9.47 Å². The number of amides is 2. The summed E-state index contributed by atoms with van der Waals surface area (Å²) >= 11 is 0. The van der Waals surface area contributed by atoms with Crippen molar-refractivity contribution in [2.75, 3.05) is 39.4 Å². The number of piperidine rings is 1. The van der Waals surface area contributed by atoms with E-state index in [1.54, 1.807) is 35.8 Å². The average molecular weight is 516 g/mol. The average Bonchev–Trinajstić information content (AvgIpc) is 2.98. The van der Waals surface area contributed by atoms with Gasteiger partial charge in [-0.05, 0) is 56.0 Å². The molecule has 5 heterocycles.